The second-order valence-corrected chi connectivity index (χ2v) is 13.3. The fourth-order valence-electron chi connectivity index (χ4n) is 3.61. The van der Waals surface area contributed by atoms with Gasteiger partial charge in [0.2, 0.25) is 5.91 Å². The van der Waals surface area contributed by atoms with Gasteiger partial charge in [0.25, 0.3) is 20.0 Å². The van der Waals surface area contributed by atoms with Crippen molar-refractivity contribution in [3.63, 3.8) is 0 Å². The van der Waals surface area contributed by atoms with Crippen molar-refractivity contribution >= 4 is 70.5 Å². The first-order valence-electron chi connectivity index (χ1n) is 11.5. The molecule has 0 atom stereocenters. The molecule has 0 aromatic heterocycles. The van der Waals surface area contributed by atoms with Gasteiger partial charge in [-0.2, -0.15) is 0 Å². The molecule has 0 saturated carbocycles. The summed E-state index contributed by atoms with van der Waals surface area (Å²) in [4.78, 5) is 13.0. The normalized spacial score (nSPS) is 11.6. The Morgan fingerprint density at radius 1 is 0.821 bits per heavy atom. The molecule has 0 spiro atoms. The third-order valence-corrected chi connectivity index (χ3v) is 9.80. The highest BCUT2D eigenvalue weighted by molar-refractivity contribution is 9.10. The fourth-order valence-corrected chi connectivity index (χ4v) is 6.62. The van der Waals surface area contributed by atoms with Crippen molar-refractivity contribution in [1.29, 1.82) is 0 Å². The van der Waals surface area contributed by atoms with Gasteiger partial charge >= 0.3 is 0 Å². The maximum Gasteiger partial charge on any atom is 0.264 e. The van der Waals surface area contributed by atoms with Crippen LogP contribution >= 0.6 is 27.5 Å². The van der Waals surface area contributed by atoms with Gasteiger partial charge in [0, 0.05) is 15.2 Å². The SMILES string of the molecule is Cc1c(Cl)cccc1NS(=O)(=O)c1ccc(NC(=O)CN(c2ccc(Br)cc2)S(=O)(=O)c2ccccc2)cc1. The van der Waals surface area contributed by atoms with Crippen LogP contribution in [0.25, 0.3) is 0 Å². The molecule has 0 heterocycles. The molecule has 4 rings (SSSR count). The molecular formula is C27H23BrClN3O5S2. The van der Waals surface area contributed by atoms with E-state index in [1.807, 2.05) is 0 Å². The van der Waals surface area contributed by atoms with E-state index < -0.39 is 32.5 Å². The molecule has 0 unspecified atom stereocenters. The number of nitrogens with one attached hydrogen (secondary N) is 2. The third kappa shape index (κ3) is 6.80. The minimum absolute atomic E-state index is 0.0250. The molecule has 0 saturated heterocycles. The summed E-state index contributed by atoms with van der Waals surface area (Å²) in [6.45, 7) is 1.20. The lowest BCUT2D eigenvalue weighted by Crippen LogP contribution is -2.38. The Balaban J connectivity index is 1.52. The zero-order valence-corrected chi connectivity index (χ0v) is 24.5. The zero-order chi connectivity index (χ0) is 28.2. The van der Waals surface area contributed by atoms with Crippen molar-refractivity contribution in [2.45, 2.75) is 16.7 Å². The largest absolute Gasteiger partial charge is 0.325 e. The van der Waals surface area contributed by atoms with Crippen molar-refractivity contribution in [1.82, 2.24) is 0 Å². The number of sulfonamides is 2. The Kier molecular flexibility index (Phi) is 8.65. The van der Waals surface area contributed by atoms with Gasteiger partial charge in [-0.3, -0.25) is 13.8 Å². The Hall–Kier alpha value is -3.38. The average Bonchev–Trinajstić information content (AvgIpc) is 2.91. The Bertz CT molecular complexity index is 1700. The van der Waals surface area contributed by atoms with Crippen molar-refractivity contribution in [3.8, 4) is 0 Å². The van der Waals surface area contributed by atoms with Crippen molar-refractivity contribution < 1.29 is 21.6 Å². The van der Waals surface area contributed by atoms with Gasteiger partial charge < -0.3 is 5.32 Å². The first-order chi connectivity index (χ1) is 18.5. The van der Waals surface area contributed by atoms with E-state index in [1.54, 1.807) is 67.6 Å². The number of amides is 1. The standard InChI is InChI=1S/C27H23BrClN3O5S2/c1-19-25(29)8-5-9-26(19)31-38(34,35)23-16-12-21(13-17-23)30-27(33)18-32(22-14-10-20(28)11-15-22)39(36,37)24-6-3-2-4-7-24/h2-17,31H,18H2,1H3,(H,30,33). The molecule has 0 bridgehead atoms. The van der Waals surface area contributed by atoms with Crippen LogP contribution in [0, 0.1) is 6.92 Å². The van der Waals surface area contributed by atoms with E-state index in [2.05, 4.69) is 26.0 Å². The number of halogens is 2. The number of carbonyl (C=O) groups is 1. The van der Waals surface area contributed by atoms with Crippen LogP contribution in [0.15, 0.2) is 111 Å². The second-order valence-electron chi connectivity index (χ2n) is 8.39. The summed E-state index contributed by atoms with van der Waals surface area (Å²) in [5.41, 5.74) is 1.55. The summed E-state index contributed by atoms with van der Waals surface area (Å²) in [6.07, 6.45) is 0. The van der Waals surface area contributed by atoms with Crippen molar-refractivity contribution in [2.24, 2.45) is 0 Å². The van der Waals surface area contributed by atoms with E-state index in [4.69, 9.17) is 11.6 Å². The third-order valence-electron chi connectivity index (χ3n) is 5.69. The van der Waals surface area contributed by atoms with Gasteiger partial charge in [0.15, 0.2) is 0 Å². The molecule has 0 radical (unpaired) electrons. The monoisotopic (exact) mass is 647 g/mol. The Labute approximate surface area is 240 Å². The molecule has 0 fully saturated rings. The summed E-state index contributed by atoms with van der Waals surface area (Å²) in [5, 5.41) is 3.07. The maximum atomic E-state index is 13.4. The van der Waals surface area contributed by atoms with Crippen molar-refractivity contribution in [3.05, 3.63) is 112 Å². The summed E-state index contributed by atoms with van der Waals surface area (Å²) < 4.78 is 56.8. The van der Waals surface area contributed by atoms with Crippen LogP contribution in [0.4, 0.5) is 17.1 Å². The van der Waals surface area contributed by atoms with E-state index in [0.29, 0.717) is 27.6 Å². The Morgan fingerprint density at radius 2 is 1.46 bits per heavy atom. The van der Waals surface area contributed by atoms with Crippen LogP contribution in [0.5, 0.6) is 0 Å². The number of rotatable bonds is 9. The van der Waals surface area contributed by atoms with Crippen LogP contribution in [0.1, 0.15) is 5.56 Å². The Morgan fingerprint density at radius 3 is 2.10 bits per heavy atom. The van der Waals surface area contributed by atoms with Crippen LogP contribution in [-0.4, -0.2) is 29.3 Å². The molecule has 2 N–H and O–H groups in total. The van der Waals surface area contributed by atoms with Crippen LogP contribution in [-0.2, 0) is 24.8 Å². The van der Waals surface area contributed by atoms with Gasteiger partial charge in [0.1, 0.15) is 6.54 Å². The fraction of sp³-hybridized carbons (Fsp3) is 0.0741. The van der Waals surface area contributed by atoms with Crippen LogP contribution in [0.2, 0.25) is 5.02 Å². The molecule has 1 amide bonds. The molecule has 4 aromatic carbocycles. The van der Waals surface area contributed by atoms with Gasteiger partial charge in [-0.25, -0.2) is 16.8 Å². The number of hydrogen-bond acceptors (Lipinski definition) is 5. The molecule has 0 aliphatic heterocycles. The molecule has 0 aliphatic rings. The molecule has 0 aliphatic carbocycles. The van der Waals surface area contributed by atoms with Gasteiger partial charge in [-0.1, -0.05) is 51.8 Å². The summed E-state index contributed by atoms with van der Waals surface area (Å²) in [5.74, 6) is -0.610. The van der Waals surface area contributed by atoms with Crippen LogP contribution in [0.3, 0.4) is 0 Å². The zero-order valence-electron chi connectivity index (χ0n) is 20.5. The lowest BCUT2D eigenvalue weighted by atomic mass is 10.2. The minimum Gasteiger partial charge on any atom is -0.325 e. The number of carbonyl (C=O) groups excluding carboxylic acids is 1. The number of nitrogens with zero attached hydrogens (tertiary/aromatic N) is 1. The second kappa shape index (κ2) is 11.8. The van der Waals surface area contributed by atoms with Gasteiger partial charge in [0.05, 0.1) is 21.2 Å². The van der Waals surface area contributed by atoms with E-state index in [0.717, 1.165) is 8.78 Å². The highest BCUT2D eigenvalue weighted by Crippen LogP contribution is 2.27. The number of benzene rings is 4. The molecule has 39 heavy (non-hydrogen) atoms. The summed E-state index contributed by atoms with van der Waals surface area (Å²) in [6, 6.07) is 24.8. The van der Waals surface area contributed by atoms with Crippen LogP contribution < -0.4 is 14.3 Å². The quantitative estimate of drug-likeness (QED) is 0.230. The molecular weight excluding hydrogens is 626 g/mol. The highest BCUT2D eigenvalue weighted by Gasteiger charge is 2.27. The number of hydrogen-bond donors (Lipinski definition) is 2. The first-order valence-corrected chi connectivity index (χ1v) is 15.6. The predicted octanol–water partition coefficient (Wildman–Crippen LogP) is 6.05. The maximum absolute atomic E-state index is 13.4. The van der Waals surface area contributed by atoms with Gasteiger partial charge in [-0.15, -0.1) is 0 Å². The summed E-state index contributed by atoms with van der Waals surface area (Å²) in [7, 11) is -7.98. The summed E-state index contributed by atoms with van der Waals surface area (Å²) >= 11 is 9.41. The van der Waals surface area contributed by atoms with Crippen molar-refractivity contribution in [2.75, 3.05) is 20.9 Å². The van der Waals surface area contributed by atoms with Gasteiger partial charge in [-0.05, 0) is 85.3 Å². The lowest BCUT2D eigenvalue weighted by Gasteiger charge is -2.24. The molecule has 8 nitrogen and oxygen atoms in total. The lowest BCUT2D eigenvalue weighted by molar-refractivity contribution is -0.114. The predicted molar refractivity (Wildman–Crippen MR) is 157 cm³/mol. The molecule has 202 valence electrons. The topological polar surface area (TPSA) is 113 Å². The average molecular weight is 649 g/mol. The first kappa shape index (κ1) is 28.6. The smallest absolute Gasteiger partial charge is 0.264 e. The van der Waals surface area contributed by atoms with E-state index in [9.17, 15) is 21.6 Å². The van der Waals surface area contributed by atoms with E-state index in [1.165, 1.54) is 36.4 Å². The molecule has 12 heteroatoms. The molecule has 4 aromatic rings. The highest BCUT2D eigenvalue weighted by atomic mass is 79.9. The number of anilines is 3. The van der Waals surface area contributed by atoms with E-state index >= 15 is 0 Å². The minimum atomic E-state index is -4.06. The van der Waals surface area contributed by atoms with E-state index in [-0.39, 0.29) is 9.79 Å².